The van der Waals surface area contributed by atoms with Gasteiger partial charge < -0.3 is 64.2 Å². The molecule has 0 aromatic rings. The van der Waals surface area contributed by atoms with E-state index in [-0.39, 0.29) is 19.6 Å². The van der Waals surface area contributed by atoms with Gasteiger partial charge in [-0.15, -0.1) is 0 Å². The highest BCUT2D eigenvalue weighted by molar-refractivity contribution is 5.69. The molecule has 2 aliphatic heterocycles. The number of carbonyl (C=O) groups is 1. The van der Waals surface area contributed by atoms with E-state index in [2.05, 4.69) is 86.8 Å². The molecule has 2 aliphatic rings. The Kier molecular flexibility index (Phi) is 38.9. The average molecular weight is 993 g/mol. The fourth-order valence-corrected chi connectivity index (χ4v) is 8.07. The van der Waals surface area contributed by atoms with Crippen molar-refractivity contribution in [2.45, 2.75) is 242 Å². The number of unbranched alkanes of at least 4 members (excludes halogenated alkanes) is 16. The van der Waals surface area contributed by atoms with Crippen LogP contribution in [-0.4, -0.2) is 142 Å². The second-order valence-electron chi connectivity index (χ2n) is 18.7. The van der Waals surface area contributed by atoms with Crippen molar-refractivity contribution in [2.75, 3.05) is 33.0 Å². The number of rotatable bonds is 42. The molecule has 0 amide bonds. The van der Waals surface area contributed by atoms with Gasteiger partial charge in [-0.2, -0.15) is 0 Å². The van der Waals surface area contributed by atoms with Crippen molar-refractivity contribution < 1.29 is 69.0 Å². The zero-order valence-corrected chi connectivity index (χ0v) is 43.0. The van der Waals surface area contributed by atoms with Crippen molar-refractivity contribution in [3.8, 4) is 0 Å². The van der Waals surface area contributed by atoms with E-state index in [0.717, 1.165) is 96.3 Å². The largest absolute Gasteiger partial charge is 0.457 e. The van der Waals surface area contributed by atoms with E-state index in [1.165, 1.54) is 51.4 Å². The topological polar surface area (TPSA) is 214 Å². The van der Waals surface area contributed by atoms with Gasteiger partial charge in [0.1, 0.15) is 54.9 Å². The SMILES string of the molecule is CC/C=C\C/C=C\C/C=C\C/C=C\C/C=C\CCCCCCCCCCOCC(COC1OC(COC2OC(CO)C(O)C(O)C2O)C(O)C(O)C1O)OC(=O)CCCCCCC/C=C\CCCCC. The number of esters is 1. The Labute approximate surface area is 421 Å². The maximum absolute atomic E-state index is 13.0. The Morgan fingerprint density at radius 3 is 1.47 bits per heavy atom. The van der Waals surface area contributed by atoms with Gasteiger partial charge >= 0.3 is 5.97 Å². The van der Waals surface area contributed by atoms with E-state index < -0.39 is 86.7 Å². The van der Waals surface area contributed by atoms with Crippen molar-refractivity contribution in [3.05, 3.63) is 72.9 Å². The molecule has 0 aliphatic carbocycles. The number of aliphatic hydroxyl groups is 7. The number of hydrogen-bond donors (Lipinski definition) is 7. The third-order valence-corrected chi connectivity index (χ3v) is 12.4. The Morgan fingerprint density at radius 1 is 0.486 bits per heavy atom. The molecular formula is C56H96O14. The van der Waals surface area contributed by atoms with E-state index >= 15 is 0 Å². The minimum atomic E-state index is -1.71. The molecular weight excluding hydrogens is 897 g/mol. The van der Waals surface area contributed by atoms with Crippen LogP contribution in [0.2, 0.25) is 0 Å². The second kappa shape index (κ2) is 42.9. The molecule has 70 heavy (non-hydrogen) atoms. The smallest absolute Gasteiger partial charge is 0.306 e. The Hall–Kier alpha value is -2.57. The zero-order valence-electron chi connectivity index (χ0n) is 43.0. The molecule has 0 bridgehead atoms. The molecule has 11 atom stereocenters. The zero-order chi connectivity index (χ0) is 50.9. The maximum Gasteiger partial charge on any atom is 0.306 e. The van der Waals surface area contributed by atoms with Gasteiger partial charge in [-0.3, -0.25) is 4.79 Å². The van der Waals surface area contributed by atoms with Crippen LogP contribution in [0.1, 0.15) is 174 Å². The molecule has 14 nitrogen and oxygen atoms in total. The summed E-state index contributed by atoms with van der Waals surface area (Å²) in [5, 5.41) is 72.2. The Morgan fingerprint density at radius 2 is 0.929 bits per heavy atom. The summed E-state index contributed by atoms with van der Waals surface area (Å²) in [6.45, 7) is 3.50. The molecule has 404 valence electrons. The van der Waals surface area contributed by atoms with Gasteiger partial charge in [0.05, 0.1) is 26.4 Å². The normalized spacial score (nSPS) is 26.1. The molecule has 14 heteroatoms. The lowest BCUT2D eigenvalue weighted by Gasteiger charge is -2.42. The van der Waals surface area contributed by atoms with Crippen LogP contribution in [0.5, 0.6) is 0 Å². The fraction of sp³-hybridized carbons (Fsp3) is 0.768. The van der Waals surface area contributed by atoms with Gasteiger partial charge in [-0.25, -0.2) is 0 Å². The molecule has 0 aromatic carbocycles. The number of aliphatic hydroxyl groups excluding tert-OH is 7. The third-order valence-electron chi connectivity index (χ3n) is 12.4. The van der Waals surface area contributed by atoms with Crippen LogP contribution in [-0.2, 0) is 33.2 Å². The lowest BCUT2D eigenvalue weighted by atomic mass is 9.98. The van der Waals surface area contributed by atoms with E-state index in [1.807, 2.05) is 0 Å². The van der Waals surface area contributed by atoms with Gasteiger partial charge in [0, 0.05) is 13.0 Å². The number of hydrogen-bond acceptors (Lipinski definition) is 14. The molecule has 11 unspecified atom stereocenters. The summed E-state index contributed by atoms with van der Waals surface area (Å²) in [4.78, 5) is 13.0. The van der Waals surface area contributed by atoms with Gasteiger partial charge in [0.15, 0.2) is 12.6 Å². The minimum absolute atomic E-state index is 0.0488. The van der Waals surface area contributed by atoms with Gasteiger partial charge in [0.25, 0.3) is 0 Å². The molecule has 2 rings (SSSR count). The number of allylic oxidation sites excluding steroid dienone is 12. The highest BCUT2D eigenvalue weighted by atomic mass is 16.7. The van der Waals surface area contributed by atoms with Crippen LogP contribution in [0, 0.1) is 0 Å². The van der Waals surface area contributed by atoms with E-state index in [1.54, 1.807) is 0 Å². The molecule has 0 saturated carbocycles. The number of carbonyl (C=O) groups excluding carboxylic acids is 1. The first-order chi connectivity index (χ1) is 34.1. The lowest BCUT2D eigenvalue weighted by Crippen LogP contribution is -2.61. The highest BCUT2D eigenvalue weighted by Gasteiger charge is 2.47. The average Bonchev–Trinajstić information content (AvgIpc) is 3.36. The van der Waals surface area contributed by atoms with Crippen LogP contribution >= 0.6 is 0 Å². The van der Waals surface area contributed by atoms with E-state index in [9.17, 15) is 40.5 Å². The summed E-state index contributed by atoms with van der Waals surface area (Å²) in [5.41, 5.74) is 0. The quantitative estimate of drug-likeness (QED) is 0.0173. The first kappa shape index (κ1) is 63.5. The summed E-state index contributed by atoms with van der Waals surface area (Å²) in [6.07, 6.45) is 36.8. The van der Waals surface area contributed by atoms with Crippen LogP contribution < -0.4 is 0 Å². The third kappa shape index (κ3) is 29.8. The fourth-order valence-electron chi connectivity index (χ4n) is 8.07. The summed E-state index contributed by atoms with van der Waals surface area (Å²) in [5.74, 6) is -0.392. The predicted molar refractivity (Wildman–Crippen MR) is 275 cm³/mol. The standard InChI is InChI=1S/C56H96O14/c1-3-5-7-9-11-13-15-17-18-19-20-21-22-23-24-25-26-27-28-30-32-34-36-38-40-65-42-45(68-48(58)39-37-35-33-31-29-16-14-12-10-8-6-4-2)43-66-55-54(64)52(62)50(60)47(70-55)44-67-56-53(63)51(61)49(59)46(41-57)69-56/h5,7,11-14,17-18,20-21,23-24,45-47,49-57,59-64H,3-4,6,8-10,15-16,19,22,25-44H2,1-2H3/b7-5-,13-11-,14-12-,18-17-,21-20-,24-23-. The first-order valence-electron chi connectivity index (χ1n) is 27.0. The summed E-state index contributed by atoms with van der Waals surface area (Å²) >= 11 is 0. The van der Waals surface area contributed by atoms with Crippen LogP contribution in [0.3, 0.4) is 0 Å². The van der Waals surface area contributed by atoms with Gasteiger partial charge in [0.2, 0.25) is 0 Å². The van der Waals surface area contributed by atoms with E-state index in [0.29, 0.717) is 13.0 Å². The highest BCUT2D eigenvalue weighted by Crippen LogP contribution is 2.26. The number of ether oxygens (including phenoxy) is 6. The van der Waals surface area contributed by atoms with Crippen molar-refractivity contribution in [2.24, 2.45) is 0 Å². The first-order valence-corrected chi connectivity index (χ1v) is 27.0. The summed E-state index contributed by atoms with van der Waals surface area (Å²) in [7, 11) is 0. The Bertz CT molecular complexity index is 1430. The van der Waals surface area contributed by atoms with Gasteiger partial charge in [-0.05, 0) is 83.5 Å². The van der Waals surface area contributed by atoms with Crippen LogP contribution in [0.25, 0.3) is 0 Å². The van der Waals surface area contributed by atoms with Crippen LogP contribution in [0.4, 0.5) is 0 Å². The molecule has 0 aromatic heterocycles. The minimum Gasteiger partial charge on any atom is -0.457 e. The molecule has 7 N–H and O–H groups in total. The maximum atomic E-state index is 13.0. The predicted octanol–water partition coefficient (Wildman–Crippen LogP) is 8.69. The monoisotopic (exact) mass is 993 g/mol. The molecule has 2 heterocycles. The molecule has 2 saturated heterocycles. The Balaban J connectivity index is 1.72. The van der Waals surface area contributed by atoms with Crippen molar-refractivity contribution in [1.82, 2.24) is 0 Å². The summed E-state index contributed by atoms with van der Waals surface area (Å²) in [6, 6.07) is 0. The molecule has 0 radical (unpaired) electrons. The summed E-state index contributed by atoms with van der Waals surface area (Å²) < 4.78 is 34.3. The second-order valence-corrected chi connectivity index (χ2v) is 18.7. The van der Waals surface area contributed by atoms with Gasteiger partial charge in [-0.1, -0.05) is 157 Å². The van der Waals surface area contributed by atoms with Crippen LogP contribution in [0.15, 0.2) is 72.9 Å². The van der Waals surface area contributed by atoms with Crippen molar-refractivity contribution >= 4 is 5.97 Å². The van der Waals surface area contributed by atoms with Crippen molar-refractivity contribution in [1.29, 1.82) is 0 Å². The van der Waals surface area contributed by atoms with Crippen molar-refractivity contribution in [3.63, 3.8) is 0 Å². The molecule has 0 spiro atoms. The lowest BCUT2D eigenvalue weighted by molar-refractivity contribution is -0.332. The van der Waals surface area contributed by atoms with E-state index in [4.69, 9.17) is 28.4 Å². The molecule has 2 fully saturated rings.